The Morgan fingerprint density at radius 1 is 1.36 bits per heavy atom. The van der Waals surface area contributed by atoms with E-state index in [2.05, 4.69) is 15.0 Å². The van der Waals surface area contributed by atoms with E-state index in [9.17, 15) is 14.6 Å². The number of ether oxygens (including phenoxy) is 1. The zero-order valence-electron chi connectivity index (χ0n) is 11.5. The number of H-pyrrole nitrogens is 1. The summed E-state index contributed by atoms with van der Waals surface area (Å²) >= 11 is 5.18. The largest absolute Gasteiger partial charge is 0.394 e. The maximum absolute atomic E-state index is 13.4. The van der Waals surface area contributed by atoms with Crippen LogP contribution in [0.5, 0.6) is 0 Å². The molecule has 22 heavy (non-hydrogen) atoms. The lowest BCUT2D eigenvalue weighted by Crippen LogP contribution is -2.32. The summed E-state index contributed by atoms with van der Waals surface area (Å²) in [6.07, 6.45) is -4.26. The summed E-state index contributed by atoms with van der Waals surface area (Å²) in [7, 11) is 0. The number of aromatic nitrogens is 3. The third kappa shape index (κ3) is 2.40. The molecule has 4 atom stereocenters. The van der Waals surface area contributed by atoms with Gasteiger partial charge >= 0.3 is 0 Å². The molecule has 2 unspecified atom stereocenters. The van der Waals surface area contributed by atoms with Crippen LogP contribution >= 0.6 is 12.2 Å². The maximum Gasteiger partial charge on any atom is 0.236 e. The van der Waals surface area contributed by atoms with Crippen molar-refractivity contribution in [1.82, 2.24) is 15.0 Å². The predicted octanol–water partition coefficient (Wildman–Crippen LogP) is 0.289. The smallest absolute Gasteiger partial charge is 0.236 e. The number of hydrogen-bond acceptors (Lipinski definition) is 7. The van der Waals surface area contributed by atoms with Crippen molar-refractivity contribution >= 4 is 23.4 Å². The molecule has 0 radical (unpaired) electrons. The van der Waals surface area contributed by atoms with Crippen LogP contribution in [-0.2, 0) is 4.74 Å². The number of pyridine rings is 1. The first-order chi connectivity index (χ1) is 10.4. The van der Waals surface area contributed by atoms with Crippen LogP contribution in [-0.4, -0.2) is 55.2 Å². The van der Waals surface area contributed by atoms with E-state index in [0.29, 0.717) is 11.1 Å². The van der Waals surface area contributed by atoms with Gasteiger partial charge in [-0.2, -0.15) is 9.37 Å². The summed E-state index contributed by atoms with van der Waals surface area (Å²) < 4.78 is 19.1. The van der Waals surface area contributed by atoms with Gasteiger partial charge in [0.05, 0.1) is 12.3 Å². The fraction of sp³-hybridized carbons (Fsp3) is 0.462. The average Bonchev–Trinajstić information content (AvgIpc) is 2.76. The molecule has 0 aliphatic carbocycles. The Balaban J connectivity index is 2.10. The fourth-order valence-electron chi connectivity index (χ4n) is 2.47. The quantitative estimate of drug-likeness (QED) is 0.587. The van der Waals surface area contributed by atoms with Gasteiger partial charge in [0, 0.05) is 5.56 Å². The van der Waals surface area contributed by atoms with Crippen molar-refractivity contribution in [2.75, 3.05) is 6.61 Å². The molecule has 1 fully saturated rings. The van der Waals surface area contributed by atoms with Crippen LogP contribution in [0.2, 0.25) is 0 Å². The van der Waals surface area contributed by atoms with Crippen LogP contribution in [0.4, 0.5) is 4.39 Å². The Morgan fingerprint density at radius 2 is 2.09 bits per heavy atom. The summed E-state index contributed by atoms with van der Waals surface area (Å²) in [6.45, 7) is 1.05. The van der Waals surface area contributed by atoms with Crippen molar-refractivity contribution in [1.29, 1.82) is 0 Å². The second-order valence-corrected chi connectivity index (χ2v) is 5.55. The summed E-state index contributed by atoms with van der Waals surface area (Å²) in [5.74, 6) is -0.696. The SMILES string of the molecule is Cc1nc2cc([C@@H]3O[C@H](CO)C(O)C3O)c(=S)[nH]c2nc1F. The molecule has 2 aromatic rings. The zero-order valence-corrected chi connectivity index (χ0v) is 12.3. The minimum Gasteiger partial charge on any atom is -0.394 e. The Bertz CT molecular complexity index is 784. The molecule has 2 aromatic heterocycles. The van der Waals surface area contributed by atoms with E-state index in [0.717, 1.165) is 0 Å². The molecular weight excluding hydrogens is 313 g/mol. The van der Waals surface area contributed by atoms with Gasteiger partial charge in [0.15, 0.2) is 5.65 Å². The number of nitrogens with one attached hydrogen (secondary N) is 1. The van der Waals surface area contributed by atoms with Crippen LogP contribution in [0.1, 0.15) is 17.4 Å². The molecule has 0 saturated carbocycles. The molecule has 0 aromatic carbocycles. The Hall–Kier alpha value is -1.52. The highest BCUT2D eigenvalue weighted by Gasteiger charge is 2.43. The van der Waals surface area contributed by atoms with Gasteiger partial charge in [0.1, 0.15) is 34.6 Å². The molecule has 0 spiro atoms. The molecule has 3 rings (SSSR count). The first-order valence-corrected chi connectivity index (χ1v) is 7.02. The van der Waals surface area contributed by atoms with Crippen molar-refractivity contribution in [3.63, 3.8) is 0 Å². The molecule has 118 valence electrons. The number of aliphatic hydroxyl groups is 3. The molecule has 1 aliphatic heterocycles. The summed E-state index contributed by atoms with van der Waals surface area (Å²) in [4.78, 5) is 10.5. The summed E-state index contributed by atoms with van der Waals surface area (Å²) in [5.41, 5.74) is 1.07. The molecule has 9 heteroatoms. The lowest BCUT2D eigenvalue weighted by Gasteiger charge is -2.15. The van der Waals surface area contributed by atoms with Gasteiger partial charge in [-0.1, -0.05) is 12.2 Å². The number of rotatable bonds is 2. The van der Waals surface area contributed by atoms with Crippen LogP contribution in [0, 0.1) is 17.5 Å². The van der Waals surface area contributed by atoms with Gasteiger partial charge in [0.25, 0.3) is 0 Å². The Morgan fingerprint density at radius 3 is 2.73 bits per heavy atom. The van der Waals surface area contributed by atoms with E-state index in [4.69, 9.17) is 22.1 Å². The van der Waals surface area contributed by atoms with Gasteiger partial charge in [-0.15, -0.1) is 0 Å². The number of nitrogens with zero attached hydrogens (tertiary/aromatic N) is 2. The fourth-order valence-corrected chi connectivity index (χ4v) is 2.74. The summed E-state index contributed by atoms with van der Waals surface area (Å²) in [5, 5.41) is 29.0. The van der Waals surface area contributed by atoms with Crippen LogP contribution < -0.4 is 0 Å². The minimum absolute atomic E-state index is 0.130. The number of halogens is 1. The van der Waals surface area contributed by atoms with Crippen molar-refractivity contribution in [2.45, 2.75) is 31.3 Å². The first kappa shape index (κ1) is 15.4. The van der Waals surface area contributed by atoms with Gasteiger partial charge in [-0.3, -0.25) is 0 Å². The number of fused-ring (bicyclic) bond motifs is 1. The molecule has 0 bridgehead atoms. The molecule has 3 heterocycles. The van der Waals surface area contributed by atoms with Gasteiger partial charge in [-0.05, 0) is 13.0 Å². The van der Waals surface area contributed by atoms with Crippen LogP contribution in [0.15, 0.2) is 6.07 Å². The Kier molecular flexibility index (Phi) is 3.91. The number of aryl methyl sites for hydroxylation is 1. The predicted molar refractivity (Wildman–Crippen MR) is 76.1 cm³/mol. The molecule has 0 amide bonds. The minimum atomic E-state index is -1.24. The lowest BCUT2D eigenvalue weighted by atomic mass is 10.0. The number of aromatic amines is 1. The molecule has 1 saturated heterocycles. The number of aliphatic hydroxyl groups excluding tert-OH is 3. The van der Waals surface area contributed by atoms with E-state index >= 15 is 0 Å². The maximum atomic E-state index is 13.4. The summed E-state index contributed by atoms with van der Waals surface area (Å²) in [6, 6.07) is 1.54. The monoisotopic (exact) mass is 327 g/mol. The standard InChI is InChI=1S/C13H14FN3O4S/c1-4-11(14)16-12-6(15-4)2-5(13(22)17-12)10-9(20)8(19)7(3-18)21-10/h2,7-10,18-20H,3H2,1H3,(H,16,17,22)/t7-,8?,9?,10+/m1/s1. The van der Waals surface area contributed by atoms with E-state index in [1.54, 1.807) is 0 Å². The second kappa shape index (κ2) is 5.60. The first-order valence-electron chi connectivity index (χ1n) is 6.62. The Labute approximate surface area is 129 Å². The highest BCUT2D eigenvalue weighted by Crippen LogP contribution is 2.34. The zero-order chi connectivity index (χ0) is 16.0. The van der Waals surface area contributed by atoms with Gasteiger partial charge in [-0.25, -0.2) is 4.98 Å². The van der Waals surface area contributed by atoms with Crippen molar-refractivity contribution in [3.05, 3.63) is 27.9 Å². The van der Waals surface area contributed by atoms with Crippen molar-refractivity contribution in [2.24, 2.45) is 0 Å². The van der Waals surface area contributed by atoms with E-state index in [-0.39, 0.29) is 16.0 Å². The van der Waals surface area contributed by atoms with Crippen LogP contribution in [0.3, 0.4) is 0 Å². The molecular formula is C13H14FN3O4S. The average molecular weight is 327 g/mol. The van der Waals surface area contributed by atoms with Crippen LogP contribution in [0.25, 0.3) is 11.2 Å². The second-order valence-electron chi connectivity index (χ2n) is 5.15. The van der Waals surface area contributed by atoms with E-state index in [1.165, 1.54) is 13.0 Å². The van der Waals surface area contributed by atoms with E-state index < -0.39 is 37.0 Å². The van der Waals surface area contributed by atoms with Crippen molar-refractivity contribution < 1.29 is 24.4 Å². The van der Waals surface area contributed by atoms with E-state index in [1.807, 2.05) is 0 Å². The highest BCUT2D eigenvalue weighted by molar-refractivity contribution is 7.71. The van der Waals surface area contributed by atoms with Gasteiger partial charge < -0.3 is 25.0 Å². The highest BCUT2D eigenvalue weighted by atomic mass is 32.1. The number of hydrogen-bond donors (Lipinski definition) is 4. The lowest BCUT2D eigenvalue weighted by molar-refractivity contribution is -0.0229. The third-order valence-electron chi connectivity index (χ3n) is 3.67. The third-order valence-corrected chi connectivity index (χ3v) is 4.01. The van der Waals surface area contributed by atoms with Crippen molar-refractivity contribution in [3.8, 4) is 0 Å². The van der Waals surface area contributed by atoms with Gasteiger partial charge in [0.2, 0.25) is 5.95 Å². The molecule has 7 nitrogen and oxygen atoms in total. The molecule has 1 aliphatic rings. The normalized spacial score (nSPS) is 28.4. The topological polar surface area (TPSA) is 111 Å². The molecule has 4 N–H and O–H groups in total.